The van der Waals surface area contributed by atoms with Crippen LogP contribution < -0.4 is 15.4 Å². The number of amides is 1. The molecule has 116 valence electrons. The van der Waals surface area contributed by atoms with E-state index < -0.39 is 6.10 Å². The maximum absolute atomic E-state index is 13.7. The van der Waals surface area contributed by atoms with Gasteiger partial charge >= 0.3 is 0 Å². The lowest BCUT2D eigenvalue weighted by Crippen LogP contribution is -2.36. The quantitative estimate of drug-likeness (QED) is 0.876. The summed E-state index contributed by atoms with van der Waals surface area (Å²) in [5, 5.41) is 6.05. The maximum atomic E-state index is 13.7. The summed E-state index contributed by atoms with van der Waals surface area (Å²) in [6, 6.07) is 4.92. The molecule has 21 heavy (non-hydrogen) atoms. The molecule has 5 heteroatoms. The second-order valence-electron chi connectivity index (χ2n) is 5.72. The van der Waals surface area contributed by atoms with Crippen LogP contribution in [0.15, 0.2) is 18.2 Å². The molecule has 1 amide bonds. The molecule has 1 atom stereocenters. The van der Waals surface area contributed by atoms with Crippen LogP contribution in [0.4, 0.5) is 4.39 Å². The Kier molecular flexibility index (Phi) is 5.56. The Labute approximate surface area is 125 Å². The molecule has 0 saturated carbocycles. The Hall–Kier alpha value is -1.62. The van der Waals surface area contributed by atoms with Crippen molar-refractivity contribution in [3.8, 4) is 5.75 Å². The topological polar surface area (TPSA) is 50.4 Å². The Morgan fingerprint density at radius 3 is 2.95 bits per heavy atom. The van der Waals surface area contributed by atoms with E-state index in [1.165, 1.54) is 12.1 Å². The van der Waals surface area contributed by atoms with Crippen LogP contribution in [0.1, 0.15) is 38.7 Å². The van der Waals surface area contributed by atoms with Crippen molar-refractivity contribution < 1.29 is 13.9 Å². The fourth-order valence-electron chi connectivity index (χ4n) is 2.30. The molecule has 4 nitrogen and oxygen atoms in total. The first-order chi connectivity index (χ1) is 10.0. The van der Waals surface area contributed by atoms with Gasteiger partial charge in [-0.3, -0.25) is 4.79 Å². The Bertz CT molecular complexity index is 491. The number of hydrogen-bond donors (Lipinski definition) is 2. The standard InChI is InChI=1S/C16H23FN2O2/c1-11(2)19-10-12-7-13(17)9-14(8-12)21-15-5-3-4-6-18-16(15)20/h7-9,11,15,19H,3-6,10H2,1-2H3,(H,18,20). The highest BCUT2D eigenvalue weighted by Gasteiger charge is 2.22. The van der Waals surface area contributed by atoms with Gasteiger partial charge in [0.2, 0.25) is 0 Å². The Morgan fingerprint density at radius 1 is 1.38 bits per heavy atom. The first-order valence-electron chi connectivity index (χ1n) is 7.52. The largest absolute Gasteiger partial charge is 0.480 e. The molecule has 1 aromatic rings. The zero-order valence-corrected chi connectivity index (χ0v) is 12.6. The maximum Gasteiger partial charge on any atom is 0.261 e. The monoisotopic (exact) mass is 294 g/mol. The summed E-state index contributed by atoms with van der Waals surface area (Å²) in [6.45, 7) is 5.33. The van der Waals surface area contributed by atoms with Gasteiger partial charge in [-0.05, 0) is 37.0 Å². The van der Waals surface area contributed by atoms with E-state index in [0.717, 1.165) is 18.4 Å². The molecule has 1 aromatic carbocycles. The first kappa shape index (κ1) is 15.8. The minimum atomic E-state index is -0.528. The van der Waals surface area contributed by atoms with Gasteiger partial charge in [-0.2, -0.15) is 0 Å². The number of ether oxygens (including phenoxy) is 1. The number of carbonyl (C=O) groups excluding carboxylic acids is 1. The lowest BCUT2D eigenvalue weighted by Gasteiger charge is -2.17. The number of rotatable bonds is 5. The summed E-state index contributed by atoms with van der Waals surface area (Å²) in [5.41, 5.74) is 0.813. The van der Waals surface area contributed by atoms with Gasteiger partial charge < -0.3 is 15.4 Å². The molecule has 1 aliphatic rings. The first-order valence-corrected chi connectivity index (χ1v) is 7.52. The van der Waals surface area contributed by atoms with Crippen molar-refractivity contribution in [2.24, 2.45) is 0 Å². The van der Waals surface area contributed by atoms with Gasteiger partial charge in [-0.1, -0.05) is 13.8 Å². The summed E-state index contributed by atoms with van der Waals surface area (Å²) >= 11 is 0. The molecule has 0 aromatic heterocycles. The van der Waals surface area contributed by atoms with Crippen LogP contribution in [-0.4, -0.2) is 24.6 Å². The van der Waals surface area contributed by atoms with E-state index in [9.17, 15) is 9.18 Å². The molecule has 1 unspecified atom stereocenters. The second kappa shape index (κ2) is 7.41. The lowest BCUT2D eigenvalue weighted by atomic mass is 10.1. The molecule has 0 aliphatic carbocycles. The molecule has 0 bridgehead atoms. The summed E-state index contributed by atoms with van der Waals surface area (Å²) in [4.78, 5) is 11.9. The van der Waals surface area contributed by atoms with Crippen LogP contribution in [0.2, 0.25) is 0 Å². The predicted molar refractivity (Wildman–Crippen MR) is 79.7 cm³/mol. The van der Waals surface area contributed by atoms with E-state index in [0.29, 0.717) is 31.3 Å². The van der Waals surface area contributed by atoms with E-state index in [1.807, 2.05) is 13.8 Å². The van der Waals surface area contributed by atoms with Crippen molar-refractivity contribution >= 4 is 5.91 Å². The number of halogens is 1. The van der Waals surface area contributed by atoms with Gasteiger partial charge in [0.15, 0.2) is 6.10 Å². The molecule has 1 heterocycles. The summed E-state index contributed by atoms with van der Waals surface area (Å²) in [5.74, 6) is -0.0432. The van der Waals surface area contributed by atoms with Crippen molar-refractivity contribution in [2.75, 3.05) is 6.54 Å². The minimum absolute atomic E-state index is 0.112. The van der Waals surface area contributed by atoms with Crippen molar-refractivity contribution in [3.05, 3.63) is 29.6 Å². The van der Waals surface area contributed by atoms with Gasteiger partial charge in [0, 0.05) is 25.2 Å². The smallest absolute Gasteiger partial charge is 0.261 e. The van der Waals surface area contributed by atoms with E-state index >= 15 is 0 Å². The van der Waals surface area contributed by atoms with E-state index in [-0.39, 0.29) is 11.7 Å². The van der Waals surface area contributed by atoms with Crippen LogP contribution in [0.5, 0.6) is 5.75 Å². The van der Waals surface area contributed by atoms with Crippen LogP contribution in [0.3, 0.4) is 0 Å². The number of hydrogen-bond acceptors (Lipinski definition) is 3. The molecule has 0 spiro atoms. The zero-order chi connectivity index (χ0) is 15.2. The number of nitrogens with one attached hydrogen (secondary N) is 2. The fraction of sp³-hybridized carbons (Fsp3) is 0.562. The van der Waals surface area contributed by atoms with Crippen molar-refractivity contribution in [2.45, 2.75) is 51.8 Å². The highest BCUT2D eigenvalue weighted by Crippen LogP contribution is 2.20. The molecular formula is C16H23FN2O2. The Balaban J connectivity index is 2.06. The molecule has 0 radical (unpaired) electrons. The molecule has 1 aliphatic heterocycles. The molecule has 2 N–H and O–H groups in total. The van der Waals surface area contributed by atoms with Gasteiger partial charge in [0.25, 0.3) is 5.91 Å². The predicted octanol–water partition coefficient (Wildman–Crippen LogP) is 2.37. The highest BCUT2D eigenvalue weighted by atomic mass is 19.1. The van der Waals surface area contributed by atoms with E-state index in [2.05, 4.69) is 10.6 Å². The fourth-order valence-corrected chi connectivity index (χ4v) is 2.30. The minimum Gasteiger partial charge on any atom is -0.480 e. The summed E-state index contributed by atoms with van der Waals surface area (Å²) < 4.78 is 19.4. The SMILES string of the molecule is CC(C)NCc1cc(F)cc(OC2CCCCNC2=O)c1. The van der Waals surface area contributed by atoms with Gasteiger partial charge in [-0.15, -0.1) is 0 Å². The van der Waals surface area contributed by atoms with Crippen molar-refractivity contribution in [1.29, 1.82) is 0 Å². The van der Waals surface area contributed by atoms with Gasteiger partial charge in [0.05, 0.1) is 0 Å². The third kappa shape index (κ3) is 5.01. The number of benzene rings is 1. The van der Waals surface area contributed by atoms with Crippen LogP contribution >= 0.6 is 0 Å². The molecule has 1 saturated heterocycles. The third-order valence-electron chi connectivity index (χ3n) is 3.41. The average Bonchev–Trinajstić information content (AvgIpc) is 2.61. The summed E-state index contributed by atoms with van der Waals surface area (Å²) in [7, 11) is 0. The van der Waals surface area contributed by atoms with E-state index in [4.69, 9.17) is 4.74 Å². The van der Waals surface area contributed by atoms with Gasteiger partial charge in [-0.25, -0.2) is 4.39 Å². The van der Waals surface area contributed by atoms with Gasteiger partial charge in [0.1, 0.15) is 11.6 Å². The number of carbonyl (C=O) groups is 1. The average molecular weight is 294 g/mol. The zero-order valence-electron chi connectivity index (χ0n) is 12.6. The third-order valence-corrected chi connectivity index (χ3v) is 3.41. The van der Waals surface area contributed by atoms with Crippen LogP contribution in [-0.2, 0) is 11.3 Å². The van der Waals surface area contributed by atoms with Crippen molar-refractivity contribution in [3.63, 3.8) is 0 Å². The summed E-state index contributed by atoms with van der Waals surface area (Å²) in [6.07, 6.45) is 2.03. The van der Waals surface area contributed by atoms with E-state index in [1.54, 1.807) is 6.07 Å². The Morgan fingerprint density at radius 2 is 2.19 bits per heavy atom. The second-order valence-corrected chi connectivity index (χ2v) is 5.72. The highest BCUT2D eigenvalue weighted by molar-refractivity contribution is 5.81. The lowest BCUT2D eigenvalue weighted by molar-refractivity contribution is -0.127. The molecule has 2 rings (SSSR count). The normalized spacial score (nSPS) is 19.2. The molecular weight excluding hydrogens is 271 g/mol. The molecule has 1 fully saturated rings. The van der Waals surface area contributed by atoms with Crippen molar-refractivity contribution in [1.82, 2.24) is 10.6 Å². The van der Waals surface area contributed by atoms with Crippen LogP contribution in [0, 0.1) is 5.82 Å². The van der Waals surface area contributed by atoms with Crippen LogP contribution in [0.25, 0.3) is 0 Å².